The number of dihydropyridines is 1. The van der Waals surface area contributed by atoms with Gasteiger partial charge in [0.25, 0.3) is 0 Å². The number of hydrogen-bond acceptors (Lipinski definition) is 6. The van der Waals surface area contributed by atoms with Crippen LogP contribution < -0.4 is 14.8 Å². The average Bonchev–Trinajstić information content (AvgIpc) is 2.96. The lowest BCUT2D eigenvalue weighted by Crippen LogP contribution is -2.36. The standard InChI is InChI=1S/C33H32FNO5/c1-20-30(33(37)40-16-15-21-9-5-4-6-10-21)31(24-11-7-8-12-25(24)34)32-26(35-20)17-23(18-27(32)36)22-13-14-28(38-2)29(19-22)39-3/h4-14,19,23,31,35H,15-18H2,1-3H3/t23-,31-/m1/s1. The summed E-state index contributed by atoms with van der Waals surface area (Å²) in [5.41, 5.74) is 4.19. The molecule has 0 fully saturated rings. The van der Waals surface area contributed by atoms with Gasteiger partial charge in [-0.3, -0.25) is 4.79 Å². The molecule has 0 aromatic heterocycles. The fourth-order valence-corrected chi connectivity index (χ4v) is 5.66. The third-order valence-corrected chi connectivity index (χ3v) is 7.61. The number of nitrogens with one attached hydrogen (secondary N) is 1. The summed E-state index contributed by atoms with van der Waals surface area (Å²) in [6.07, 6.45) is 1.29. The number of esters is 1. The molecule has 0 saturated heterocycles. The number of carbonyl (C=O) groups excluding carboxylic acids is 2. The Morgan fingerprint density at radius 2 is 1.68 bits per heavy atom. The highest BCUT2D eigenvalue weighted by Crippen LogP contribution is 2.47. The molecule has 40 heavy (non-hydrogen) atoms. The van der Waals surface area contributed by atoms with E-state index in [1.807, 2.05) is 48.5 Å². The summed E-state index contributed by atoms with van der Waals surface area (Å²) in [5.74, 6) is -0.951. The third-order valence-electron chi connectivity index (χ3n) is 7.61. The zero-order valence-electron chi connectivity index (χ0n) is 22.8. The zero-order valence-corrected chi connectivity index (χ0v) is 22.8. The number of methoxy groups -OCH3 is 2. The molecule has 7 heteroatoms. The first-order valence-electron chi connectivity index (χ1n) is 13.3. The topological polar surface area (TPSA) is 73.9 Å². The van der Waals surface area contributed by atoms with Crippen molar-refractivity contribution >= 4 is 11.8 Å². The van der Waals surface area contributed by atoms with E-state index in [1.54, 1.807) is 39.3 Å². The van der Waals surface area contributed by atoms with Gasteiger partial charge in [0.05, 0.1) is 32.3 Å². The Labute approximate surface area is 233 Å². The van der Waals surface area contributed by atoms with Gasteiger partial charge in [-0.05, 0) is 48.6 Å². The molecule has 3 aromatic rings. The van der Waals surface area contributed by atoms with E-state index in [2.05, 4.69) is 5.32 Å². The Kier molecular flexibility index (Phi) is 8.01. The highest BCUT2D eigenvalue weighted by Gasteiger charge is 2.42. The predicted molar refractivity (Wildman–Crippen MR) is 150 cm³/mol. The second kappa shape index (κ2) is 11.8. The largest absolute Gasteiger partial charge is 0.493 e. The molecule has 1 aliphatic heterocycles. The number of halogens is 1. The summed E-state index contributed by atoms with van der Waals surface area (Å²) in [6.45, 7) is 1.95. The lowest BCUT2D eigenvalue weighted by atomic mass is 9.71. The van der Waals surface area contributed by atoms with Crippen LogP contribution in [0.3, 0.4) is 0 Å². The minimum absolute atomic E-state index is 0.119. The molecule has 0 saturated carbocycles. The van der Waals surface area contributed by atoms with Gasteiger partial charge in [-0.15, -0.1) is 0 Å². The van der Waals surface area contributed by atoms with Gasteiger partial charge in [0.2, 0.25) is 0 Å². The molecular weight excluding hydrogens is 509 g/mol. The van der Waals surface area contributed by atoms with Crippen LogP contribution in [0.4, 0.5) is 4.39 Å². The maximum atomic E-state index is 15.2. The molecule has 3 aromatic carbocycles. The van der Waals surface area contributed by atoms with Crippen LogP contribution in [0.1, 0.15) is 48.3 Å². The predicted octanol–water partition coefficient (Wildman–Crippen LogP) is 5.99. The number of hydrogen-bond donors (Lipinski definition) is 1. The van der Waals surface area contributed by atoms with Crippen molar-refractivity contribution in [1.29, 1.82) is 0 Å². The van der Waals surface area contributed by atoms with E-state index in [9.17, 15) is 9.59 Å². The van der Waals surface area contributed by atoms with Crippen LogP contribution in [0.25, 0.3) is 0 Å². The molecule has 6 nitrogen and oxygen atoms in total. The van der Waals surface area contributed by atoms with Crippen LogP contribution in [0, 0.1) is 5.82 Å². The summed E-state index contributed by atoms with van der Waals surface area (Å²) >= 11 is 0. The monoisotopic (exact) mass is 541 g/mol. The van der Waals surface area contributed by atoms with Crippen molar-refractivity contribution in [2.75, 3.05) is 20.8 Å². The average molecular weight is 542 g/mol. The second-order valence-electron chi connectivity index (χ2n) is 10.0. The first-order valence-corrected chi connectivity index (χ1v) is 13.3. The molecule has 1 heterocycles. The van der Waals surface area contributed by atoms with Crippen LogP contribution >= 0.6 is 0 Å². The molecule has 0 radical (unpaired) electrons. The maximum Gasteiger partial charge on any atom is 0.336 e. The number of allylic oxidation sites excluding steroid dienone is 3. The highest BCUT2D eigenvalue weighted by molar-refractivity contribution is 6.04. The molecule has 1 N–H and O–H groups in total. The molecule has 2 atom stereocenters. The maximum absolute atomic E-state index is 15.2. The van der Waals surface area contributed by atoms with Gasteiger partial charge in [-0.1, -0.05) is 54.6 Å². The van der Waals surface area contributed by atoms with Crippen molar-refractivity contribution in [1.82, 2.24) is 5.32 Å². The van der Waals surface area contributed by atoms with Gasteiger partial charge in [-0.2, -0.15) is 0 Å². The van der Waals surface area contributed by atoms with E-state index < -0.39 is 17.7 Å². The second-order valence-corrected chi connectivity index (χ2v) is 10.0. The number of ether oxygens (including phenoxy) is 3. The van der Waals surface area contributed by atoms with Crippen molar-refractivity contribution in [2.24, 2.45) is 0 Å². The number of ketones is 1. The van der Waals surface area contributed by atoms with Gasteiger partial charge in [0, 0.05) is 35.4 Å². The van der Waals surface area contributed by atoms with E-state index in [4.69, 9.17) is 14.2 Å². The fourth-order valence-electron chi connectivity index (χ4n) is 5.66. The molecule has 0 bridgehead atoms. The Bertz CT molecular complexity index is 1490. The van der Waals surface area contributed by atoms with E-state index >= 15 is 4.39 Å². The van der Waals surface area contributed by atoms with E-state index in [-0.39, 0.29) is 35.9 Å². The highest BCUT2D eigenvalue weighted by atomic mass is 19.1. The number of benzene rings is 3. The number of Topliss-reactive ketones (excluding diaryl/α,β-unsaturated/α-hetero) is 1. The fraction of sp³-hybridized carbons (Fsp3) is 0.273. The van der Waals surface area contributed by atoms with Crippen molar-refractivity contribution in [3.8, 4) is 11.5 Å². The molecule has 0 unspecified atom stereocenters. The molecule has 2 aliphatic rings. The summed E-state index contributed by atoms with van der Waals surface area (Å²) in [4.78, 5) is 27.3. The van der Waals surface area contributed by atoms with Crippen LogP contribution in [0.15, 0.2) is 95.3 Å². The Morgan fingerprint density at radius 1 is 0.950 bits per heavy atom. The molecule has 1 aliphatic carbocycles. The van der Waals surface area contributed by atoms with Gasteiger partial charge < -0.3 is 19.5 Å². The minimum Gasteiger partial charge on any atom is -0.493 e. The Balaban J connectivity index is 1.47. The molecular formula is C33H32FNO5. The van der Waals surface area contributed by atoms with Crippen molar-refractivity contribution in [3.05, 3.63) is 118 Å². The minimum atomic E-state index is -0.861. The SMILES string of the molecule is COc1ccc([C@H]2CC(=O)C3=C(C2)NC(C)=C(C(=O)OCCc2ccccc2)[C@H]3c2ccccc2F)cc1OC. The molecule has 0 amide bonds. The van der Waals surface area contributed by atoms with E-state index in [0.717, 1.165) is 11.1 Å². The quantitative estimate of drug-likeness (QED) is 0.353. The van der Waals surface area contributed by atoms with E-state index in [1.165, 1.54) is 6.07 Å². The Hall–Kier alpha value is -4.39. The summed E-state index contributed by atoms with van der Waals surface area (Å²) < 4.78 is 31.8. The lowest BCUT2D eigenvalue weighted by molar-refractivity contribution is -0.139. The number of carbonyl (C=O) groups is 2. The van der Waals surface area contributed by atoms with Crippen LogP contribution in [-0.2, 0) is 20.7 Å². The first kappa shape index (κ1) is 27.2. The van der Waals surface area contributed by atoms with Crippen LogP contribution in [-0.4, -0.2) is 32.6 Å². The van der Waals surface area contributed by atoms with Gasteiger partial charge in [0.1, 0.15) is 5.82 Å². The smallest absolute Gasteiger partial charge is 0.336 e. The molecule has 0 spiro atoms. The van der Waals surface area contributed by atoms with Gasteiger partial charge in [0.15, 0.2) is 17.3 Å². The van der Waals surface area contributed by atoms with Crippen molar-refractivity contribution in [3.63, 3.8) is 0 Å². The van der Waals surface area contributed by atoms with Crippen LogP contribution in [0.2, 0.25) is 0 Å². The van der Waals surface area contributed by atoms with Crippen molar-refractivity contribution < 1.29 is 28.2 Å². The normalized spacial score (nSPS) is 18.6. The summed E-state index contributed by atoms with van der Waals surface area (Å²) in [7, 11) is 3.15. The van der Waals surface area contributed by atoms with Crippen LogP contribution in [0.5, 0.6) is 11.5 Å². The summed E-state index contributed by atoms with van der Waals surface area (Å²) in [5, 5.41) is 3.32. The van der Waals surface area contributed by atoms with Crippen molar-refractivity contribution in [2.45, 2.75) is 38.0 Å². The molecule has 206 valence electrons. The Morgan fingerprint density at radius 3 is 2.40 bits per heavy atom. The van der Waals surface area contributed by atoms with E-state index in [0.29, 0.717) is 41.3 Å². The number of rotatable bonds is 8. The third kappa shape index (κ3) is 5.37. The summed E-state index contributed by atoms with van der Waals surface area (Å²) in [6, 6.07) is 21.7. The van der Waals surface area contributed by atoms with Gasteiger partial charge >= 0.3 is 5.97 Å². The zero-order chi connectivity index (χ0) is 28.2. The first-order chi connectivity index (χ1) is 19.4. The lowest BCUT2D eigenvalue weighted by Gasteiger charge is -2.36. The van der Waals surface area contributed by atoms with Gasteiger partial charge in [-0.25, -0.2) is 9.18 Å². The molecule has 5 rings (SSSR count).